The van der Waals surface area contributed by atoms with Crippen LogP contribution in [-0.4, -0.2) is 12.6 Å². The molecule has 3 atom stereocenters. The smallest absolute Gasteiger partial charge is 0.346 e. The zero-order chi connectivity index (χ0) is 18.8. The summed E-state index contributed by atoms with van der Waals surface area (Å²) in [4.78, 5) is 12.1. The third-order valence-electron chi connectivity index (χ3n) is 5.85. The van der Waals surface area contributed by atoms with E-state index < -0.39 is 0 Å². The first-order valence-electron chi connectivity index (χ1n) is 9.86. The SMILES string of the molecule is Cc1cc2c(c(=O)o1)C=C1CC[C@H](C(C)CNCc3ccccc3)C[C@@H]1O2. The highest BCUT2D eigenvalue weighted by molar-refractivity contribution is 5.62. The van der Waals surface area contributed by atoms with Crippen LogP contribution in [0.25, 0.3) is 6.08 Å². The lowest BCUT2D eigenvalue weighted by Crippen LogP contribution is -2.36. The zero-order valence-corrected chi connectivity index (χ0v) is 16.0. The molecule has 4 rings (SSSR count). The molecule has 1 aliphatic carbocycles. The Morgan fingerprint density at radius 2 is 2.07 bits per heavy atom. The maximum absolute atomic E-state index is 12.1. The van der Waals surface area contributed by atoms with Crippen LogP contribution in [0.4, 0.5) is 0 Å². The van der Waals surface area contributed by atoms with Crippen molar-refractivity contribution in [3.8, 4) is 5.75 Å². The Kier molecular flexibility index (Phi) is 5.17. The Morgan fingerprint density at radius 1 is 1.26 bits per heavy atom. The van der Waals surface area contributed by atoms with Crippen molar-refractivity contribution in [2.24, 2.45) is 11.8 Å². The first kappa shape index (κ1) is 18.1. The first-order chi connectivity index (χ1) is 13.1. The number of hydrogen-bond donors (Lipinski definition) is 1. The number of fused-ring (bicyclic) bond motifs is 2. The van der Waals surface area contributed by atoms with Gasteiger partial charge < -0.3 is 14.5 Å². The van der Waals surface area contributed by atoms with E-state index in [1.807, 2.05) is 18.2 Å². The molecule has 142 valence electrons. The van der Waals surface area contributed by atoms with Crippen LogP contribution in [0.5, 0.6) is 5.75 Å². The molecule has 0 radical (unpaired) electrons. The molecule has 2 aliphatic rings. The lowest BCUT2D eigenvalue weighted by molar-refractivity contribution is 0.140. The maximum Gasteiger partial charge on any atom is 0.346 e. The van der Waals surface area contributed by atoms with Crippen LogP contribution in [-0.2, 0) is 6.54 Å². The van der Waals surface area contributed by atoms with Crippen molar-refractivity contribution in [3.05, 3.63) is 69.3 Å². The van der Waals surface area contributed by atoms with Gasteiger partial charge in [-0.2, -0.15) is 0 Å². The summed E-state index contributed by atoms with van der Waals surface area (Å²) in [5.74, 6) is 2.48. The monoisotopic (exact) mass is 365 g/mol. The van der Waals surface area contributed by atoms with E-state index in [0.717, 1.165) is 32.4 Å². The molecular formula is C23H27NO3. The summed E-state index contributed by atoms with van der Waals surface area (Å²) in [5.41, 5.74) is 2.83. The van der Waals surface area contributed by atoms with Gasteiger partial charge in [-0.15, -0.1) is 0 Å². The molecule has 1 fully saturated rings. The largest absolute Gasteiger partial charge is 0.485 e. The van der Waals surface area contributed by atoms with Crippen molar-refractivity contribution in [3.63, 3.8) is 0 Å². The Bertz CT molecular complexity index is 884. The van der Waals surface area contributed by atoms with Gasteiger partial charge in [0, 0.05) is 12.6 Å². The van der Waals surface area contributed by atoms with Crippen molar-refractivity contribution in [2.75, 3.05) is 6.54 Å². The third kappa shape index (κ3) is 4.01. The zero-order valence-electron chi connectivity index (χ0n) is 16.0. The van der Waals surface area contributed by atoms with Crippen molar-refractivity contribution in [1.29, 1.82) is 0 Å². The van der Waals surface area contributed by atoms with Gasteiger partial charge in [0.15, 0.2) is 0 Å². The molecular weight excluding hydrogens is 338 g/mol. The van der Waals surface area contributed by atoms with E-state index in [4.69, 9.17) is 9.15 Å². The molecule has 0 spiro atoms. The van der Waals surface area contributed by atoms with Gasteiger partial charge in [0.25, 0.3) is 0 Å². The number of hydrogen-bond acceptors (Lipinski definition) is 4. The van der Waals surface area contributed by atoms with E-state index in [-0.39, 0.29) is 11.7 Å². The average Bonchev–Trinajstić information content (AvgIpc) is 2.67. The minimum Gasteiger partial charge on any atom is -0.485 e. The molecule has 1 saturated carbocycles. The van der Waals surface area contributed by atoms with Crippen LogP contribution < -0.4 is 15.7 Å². The molecule has 0 bridgehead atoms. The van der Waals surface area contributed by atoms with E-state index in [0.29, 0.717) is 28.9 Å². The summed E-state index contributed by atoms with van der Waals surface area (Å²) in [6.45, 7) is 6.03. The second-order valence-electron chi connectivity index (χ2n) is 7.88. The quantitative estimate of drug-likeness (QED) is 0.857. The van der Waals surface area contributed by atoms with E-state index in [2.05, 4.69) is 36.5 Å². The van der Waals surface area contributed by atoms with Gasteiger partial charge in [-0.25, -0.2) is 4.79 Å². The normalized spacial score (nSPS) is 22.2. The molecule has 0 saturated heterocycles. The fourth-order valence-electron chi connectivity index (χ4n) is 4.23. The molecule has 0 amide bonds. The second kappa shape index (κ2) is 7.73. The molecule has 4 heteroatoms. The summed E-state index contributed by atoms with van der Waals surface area (Å²) in [5, 5.41) is 3.59. The minimum atomic E-state index is -0.295. The van der Waals surface area contributed by atoms with Gasteiger partial charge in [0.1, 0.15) is 23.2 Å². The predicted molar refractivity (Wildman–Crippen MR) is 107 cm³/mol. The second-order valence-corrected chi connectivity index (χ2v) is 7.88. The predicted octanol–water partition coefficient (Wildman–Crippen LogP) is 4.32. The van der Waals surface area contributed by atoms with E-state index in [9.17, 15) is 4.79 Å². The molecule has 1 aromatic carbocycles. The molecule has 2 heterocycles. The van der Waals surface area contributed by atoms with Gasteiger partial charge in [0.05, 0.1) is 0 Å². The number of benzene rings is 1. The summed E-state index contributed by atoms with van der Waals surface area (Å²) in [6, 6.07) is 12.3. The molecule has 27 heavy (non-hydrogen) atoms. The van der Waals surface area contributed by atoms with Crippen molar-refractivity contribution < 1.29 is 9.15 Å². The highest BCUT2D eigenvalue weighted by Gasteiger charge is 2.33. The number of ether oxygens (including phenoxy) is 1. The summed E-state index contributed by atoms with van der Waals surface area (Å²) >= 11 is 0. The Balaban J connectivity index is 1.36. The molecule has 4 nitrogen and oxygen atoms in total. The molecule has 1 aromatic heterocycles. The van der Waals surface area contributed by atoms with E-state index in [1.165, 1.54) is 11.1 Å². The Hall–Kier alpha value is -2.33. The van der Waals surface area contributed by atoms with Crippen molar-refractivity contribution in [1.82, 2.24) is 5.32 Å². The fourth-order valence-corrected chi connectivity index (χ4v) is 4.23. The van der Waals surface area contributed by atoms with Crippen LogP contribution in [0.1, 0.15) is 43.1 Å². The van der Waals surface area contributed by atoms with E-state index in [1.54, 1.807) is 6.92 Å². The summed E-state index contributed by atoms with van der Waals surface area (Å²) in [6.07, 6.45) is 5.24. The number of rotatable bonds is 5. The molecule has 1 N–H and O–H groups in total. The number of aryl methyl sites for hydroxylation is 1. The van der Waals surface area contributed by atoms with Gasteiger partial charge in [-0.3, -0.25) is 0 Å². The topological polar surface area (TPSA) is 51.5 Å². The third-order valence-corrected chi connectivity index (χ3v) is 5.85. The van der Waals surface area contributed by atoms with Gasteiger partial charge in [-0.1, -0.05) is 37.3 Å². The highest BCUT2D eigenvalue weighted by Crippen LogP contribution is 2.40. The molecule has 1 unspecified atom stereocenters. The Labute approximate surface area is 160 Å². The van der Waals surface area contributed by atoms with Gasteiger partial charge in [-0.05, 0) is 61.8 Å². The van der Waals surface area contributed by atoms with Gasteiger partial charge >= 0.3 is 5.63 Å². The van der Waals surface area contributed by atoms with Crippen LogP contribution in [0.15, 0.2) is 51.2 Å². The minimum absolute atomic E-state index is 0.0917. The van der Waals surface area contributed by atoms with Crippen LogP contribution in [0.2, 0.25) is 0 Å². The lowest BCUT2D eigenvalue weighted by Gasteiger charge is -2.37. The molecule has 2 aromatic rings. The Morgan fingerprint density at radius 3 is 2.89 bits per heavy atom. The fraction of sp³-hybridized carbons (Fsp3) is 0.435. The summed E-state index contributed by atoms with van der Waals surface area (Å²) < 4.78 is 11.4. The number of nitrogens with one attached hydrogen (secondary N) is 1. The van der Waals surface area contributed by atoms with Crippen LogP contribution >= 0.6 is 0 Å². The first-order valence-corrected chi connectivity index (χ1v) is 9.86. The van der Waals surface area contributed by atoms with Crippen LogP contribution in [0, 0.1) is 18.8 Å². The van der Waals surface area contributed by atoms with Crippen molar-refractivity contribution >= 4 is 6.08 Å². The van der Waals surface area contributed by atoms with E-state index >= 15 is 0 Å². The van der Waals surface area contributed by atoms with Crippen LogP contribution in [0.3, 0.4) is 0 Å². The highest BCUT2D eigenvalue weighted by atomic mass is 16.5. The average molecular weight is 365 g/mol. The maximum atomic E-state index is 12.1. The molecule has 1 aliphatic heterocycles. The van der Waals surface area contributed by atoms with Crippen molar-refractivity contribution in [2.45, 2.75) is 45.8 Å². The van der Waals surface area contributed by atoms with Gasteiger partial charge in [0.2, 0.25) is 0 Å². The standard InChI is InChI=1S/C23H27NO3/c1-15(13-24-14-17-6-4-3-5-7-17)18-8-9-19-11-20-22(27-21(19)12-18)10-16(2)26-23(20)25/h3-7,10-11,15,18,21,24H,8-9,12-14H2,1-2H3/t15?,18-,21-/m0/s1. The summed E-state index contributed by atoms with van der Waals surface area (Å²) in [7, 11) is 0. The lowest BCUT2D eigenvalue weighted by atomic mass is 9.76.